The number of carbonyl (C=O) groups is 2. The van der Waals surface area contributed by atoms with Crippen LogP contribution in [-0.2, 0) is 17.8 Å². The Bertz CT molecular complexity index is 1370. The number of piperazine rings is 1. The van der Waals surface area contributed by atoms with Gasteiger partial charge in [-0.15, -0.1) is 10.2 Å². The van der Waals surface area contributed by atoms with Gasteiger partial charge in [0.1, 0.15) is 0 Å². The van der Waals surface area contributed by atoms with Crippen molar-refractivity contribution in [2.75, 3.05) is 54.8 Å². The van der Waals surface area contributed by atoms with Gasteiger partial charge in [0.05, 0.1) is 6.42 Å². The van der Waals surface area contributed by atoms with E-state index < -0.39 is 0 Å². The van der Waals surface area contributed by atoms with Crippen LogP contribution in [0.25, 0.3) is 0 Å². The smallest absolute Gasteiger partial charge is 0.251 e. The van der Waals surface area contributed by atoms with Crippen LogP contribution in [0.15, 0.2) is 84.9 Å². The van der Waals surface area contributed by atoms with Crippen molar-refractivity contribution in [1.29, 1.82) is 0 Å². The maximum atomic E-state index is 12.5. The molecule has 9 nitrogen and oxygen atoms in total. The molecule has 206 valence electrons. The molecule has 1 fully saturated rings. The molecule has 5 rings (SSSR count). The molecule has 1 aliphatic heterocycles. The van der Waals surface area contributed by atoms with Crippen LogP contribution >= 0.6 is 11.3 Å². The summed E-state index contributed by atoms with van der Waals surface area (Å²) in [4.78, 5) is 29.4. The van der Waals surface area contributed by atoms with Gasteiger partial charge in [-0.2, -0.15) is 0 Å². The number of benzene rings is 3. The van der Waals surface area contributed by atoms with Gasteiger partial charge in [0.15, 0.2) is 0 Å². The molecule has 0 bridgehead atoms. The largest absolute Gasteiger partial charge is 0.383 e. The van der Waals surface area contributed by atoms with Crippen LogP contribution in [0.4, 0.5) is 16.0 Å². The summed E-state index contributed by atoms with van der Waals surface area (Å²) in [7, 11) is 0. The molecule has 0 spiro atoms. The van der Waals surface area contributed by atoms with Crippen molar-refractivity contribution < 1.29 is 9.59 Å². The molecule has 0 unspecified atom stereocenters. The number of nitrogens with zero attached hydrogens (tertiary/aromatic N) is 4. The number of anilines is 3. The quantitative estimate of drug-likeness (QED) is 0.241. The Balaban J connectivity index is 1.02. The van der Waals surface area contributed by atoms with Crippen molar-refractivity contribution in [3.63, 3.8) is 0 Å². The Kier molecular flexibility index (Phi) is 9.33. The van der Waals surface area contributed by atoms with Gasteiger partial charge in [-0.1, -0.05) is 72.0 Å². The molecule has 1 saturated heterocycles. The van der Waals surface area contributed by atoms with Gasteiger partial charge in [0.25, 0.3) is 5.91 Å². The predicted octanol–water partition coefficient (Wildman–Crippen LogP) is 3.88. The van der Waals surface area contributed by atoms with Crippen molar-refractivity contribution in [1.82, 2.24) is 20.4 Å². The van der Waals surface area contributed by atoms with Crippen molar-refractivity contribution in [2.45, 2.75) is 13.0 Å². The van der Waals surface area contributed by atoms with Gasteiger partial charge in [-0.3, -0.25) is 14.5 Å². The zero-order valence-corrected chi connectivity index (χ0v) is 23.1. The molecule has 10 heteroatoms. The summed E-state index contributed by atoms with van der Waals surface area (Å²) in [6.07, 6.45) is 0.312. The predicted molar refractivity (Wildman–Crippen MR) is 160 cm³/mol. The van der Waals surface area contributed by atoms with E-state index in [2.05, 4.69) is 35.9 Å². The number of para-hydroxylation sites is 1. The molecule has 4 aromatic rings. The highest BCUT2D eigenvalue weighted by atomic mass is 32.1. The van der Waals surface area contributed by atoms with E-state index in [1.165, 1.54) is 16.9 Å². The first-order chi connectivity index (χ1) is 19.6. The Labute approximate surface area is 238 Å². The second kappa shape index (κ2) is 13.7. The average Bonchev–Trinajstić information content (AvgIpc) is 3.45. The lowest BCUT2D eigenvalue weighted by atomic mass is 10.1. The fraction of sp³-hybridized carbons (Fsp3) is 0.267. The summed E-state index contributed by atoms with van der Waals surface area (Å²) in [6.45, 7) is 5.51. The van der Waals surface area contributed by atoms with Crippen LogP contribution in [-0.4, -0.2) is 66.2 Å². The molecule has 40 heavy (non-hydrogen) atoms. The van der Waals surface area contributed by atoms with E-state index in [-0.39, 0.29) is 11.8 Å². The van der Waals surface area contributed by atoms with E-state index in [0.717, 1.165) is 49.1 Å². The van der Waals surface area contributed by atoms with Gasteiger partial charge in [0, 0.05) is 57.1 Å². The SMILES string of the molecule is O=C(Cc1ccccc1)Nc1nnc(N2CCN(Cc3ccc(C(=O)NCCNc4ccccc4)cc3)CC2)s1. The standard InChI is InChI=1S/C30H33N7O2S/c38-27(21-23-7-3-1-4-8-23)33-29-34-35-30(40-29)37-19-17-36(18-20-37)22-24-11-13-25(14-12-24)28(39)32-16-15-31-26-9-5-2-6-10-26/h1-14,31H,15-22H2,(H,32,39)(H,33,34,38). The highest BCUT2D eigenvalue weighted by Crippen LogP contribution is 2.25. The third-order valence-corrected chi connectivity index (χ3v) is 7.55. The number of carbonyl (C=O) groups excluding carboxylic acids is 2. The lowest BCUT2D eigenvalue weighted by Crippen LogP contribution is -2.45. The summed E-state index contributed by atoms with van der Waals surface area (Å²) >= 11 is 1.40. The van der Waals surface area contributed by atoms with Crippen molar-refractivity contribution >= 4 is 39.1 Å². The maximum Gasteiger partial charge on any atom is 0.251 e. The first-order valence-corrected chi connectivity index (χ1v) is 14.2. The molecular weight excluding hydrogens is 522 g/mol. The lowest BCUT2D eigenvalue weighted by molar-refractivity contribution is -0.115. The maximum absolute atomic E-state index is 12.5. The molecule has 2 amide bonds. The Morgan fingerprint density at radius 3 is 2.20 bits per heavy atom. The number of hydrogen-bond donors (Lipinski definition) is 3. The van der Waals surface area contributed by atoms with E-state index in [0.29, 0.717) is 30.2 Å². The average molecular weight is 556 g/mol. The van der Waals surface area contributed by atoms with Crippen LogP contribution in [0.3, 0.4) is 0 Å². The van der Waals surface area contributed by atoms with E-state index >= 15 is 0 Å². The minimum atomic E-state index is -0.0951. The zero-order chi connectivity index (χ0) is 27.6. The summed E-state index contributed by atoms with van der Waals surface area (Å²) in [6, 6.07) is 27.4. The minimum Gasteiger partial charge on any atom is -0.383 e. The Hall–Kier alpha value is -4.28. The Morgan fingerprint density at radius 2 is 1.48 bits per heavy atom. The molecule has 2 heterocycles. The molecular formula is C30H33N7O2S. The van der Waals surface area contributed by atoms with E-state index in [9.17, 15) is 9.59 Å². The van der Waals surface area contributed by atoms with Crippen LogP contribution in [0.2, 0.25) is 0 Å². The highest BCUT2D eigenvalue weighted by molar-refractivity contribution is 7.19. The van der Waals surface area contributed by atoms with Gasteiger partial charge in [-0.25, -0.2) is 0 Å². The number of aromatic nitrogens is 2. The van der Waals surface area contributed by atoms with E-state index in [4.69, 9.17) is 0 Å². The number of amides is 2. The molecule has 3 N–H and O–H groups in total. The number of nitrogens with one attached hydrogen (secondary N) is 3. The Morgan fingerprint density at radius 1 is 0.775 bits per heavy atom. The lowest BCUT2D eigenvalue weighted by Gasteiger charge is -2.34. The molecule has 1 aliphatic rings. The first kappa shape index (κ1) is 27.3. The fourth-order valence-electron chi connectivity index (χ4n) is 4.50. The van der Waals surface area contributed by atoms with Crippen LogP contribution in [0.5, 0.6) is 0 Å². The van der Waals surface area contributed by atoms with E-state index in [1.54, 1.807) is 0 Å². The summed E-state index contributed by atoms with van der Waals surface area (Å²) in [5.41, 5.74) is 3.84. The van der Waals surface area contributed by atoms with E-state index in [1.807, 2.05) is 84.9 Å². The third kappa shape index (κ3) is 7.87. The second-order valence-electron chi connectivity index (χ2n) is 9.61. The fourth-order valence-corrected chi connectivity index (χ4v) is 5.31. The number of hydrogen-bond acceptors (Lipinski definition) is 8. The van der Waals surface area contributed by atoms with Crippen molar-refractivity contribution in [3.8, 4) is 0 Å². The highest BCUT2D eigenvalue weighted by Gasteiger charge is 2.21. The molecule has 0 radical (unpaired) electrons. The molecule has 1 aromatic heterocycles. The van der Waals surface area contributed by atoms with Crippen LogP contribution in [0.1, 0.15) is 21.5 Å². The molecule has 3 aromatic carbocycles. The summed E-state index contributed by atoms with van der Waals surface area (Å²) < 4.78 is 0. The molecule has 0 saturated carbocycles. The van der Waals surface area contributed by atoms with Gasteiger partial charge < -0.3 is 20.9 Å². The number of rotatable bonds is 11. The summed E-state index contributed by atoms with van der Waals surface area (Å²) in [5.74, 6) is -0.162. The topological polar surface area (TPSA) is 102 Å². The monoisotopic (exact) mass is 555 g/mol. The third-order valence-electron chi connectivity index (χ3n) is 6.65. The summed E-state index contributed by atoms with van der Waals surface area (Å²) in [5, 5.41) is 18.9. The van der Waals surface area contributed by atoms with Gasteiger partial charge in [0.2, 0.25) is 16.2 Å². The second-order valence-corrected chi connectivity index (χ2v) is 10.6. The zero-order valence-electron chi connectivity index (χ0n) is 22.3. The van der Waals surface area contributed by atoms with Crippen molar-refractivity contribution in [2.24, 2.45) is 0 Å². The van der Waals surface area contributed by atoms with Crippen LogP contribution < -0.4 is 20.9 Å². The van der Waals surface area contributed by atoms with Crippen LogP contribution in [0, 0.1) is 0 Å². The molecule has 0 atom stereocenters. The normalized spacial score (nSPS) is 13.6. The first-order valence-electron chi connectivity index (χ1n) is 13.4. The van der Waals surface area contributed by atoms with Crippen molar-refractivity contribution in [3.05, 3.63) is 102 Å². The van der Waals surface area contributed by atoms with Gasteiger partial charge in [-0.05, 0) is 35.4 Å². The van der Waals surface area contributed by atoms with Gasteiger partial charge >= 0.3 is 0 Å². The molecule has 0 aliphatic carbocycles. The minimum absolute atomic E-state index is 0.0669.